The number of nitrogens with zero attached hydrogens (tertiary/aromatic N) is 1. The van der Waals surface area contributed by atoms with Gasteiger partial charge in [-0.3, -0.25) is 0 Å². The van der Waals surface area contributed by atoms with Crippen LogP contribution in [0, 0.1) is 0 Å². The summed E-state index contributed by atoms with van der Waals surface area (Å²) >= 11 is 0. The van der Waals surface area contributed by atoms with Crippen molar-refractivity contribution in [1.82, 2.24) is 9.62 Å². The molecule has 0 spiro atoms. The van der Waals surface area contributed by atoms with Crippen molar-refractivity contribution in [1.29, 1.82) is 0 Å². The van der Waals surface area contributed by atoms with E-state index in [1.807, 2.05) is 0 Å². The molecule has 3 aliphatic heterocycles. The highest BCUT2D eigenvalue weighted by Gasteiger charge is 2.47. The van der Waals surface area contributed by atoms with Gasteiger partial charge in [0.15, 0.2) is 0 Å². The fourth-order valence-corrected chi connectivity index (χ4v) is 6.47. The molecule has 1 aromatic rings. The molecule has 3 aliphatic rings. The smallest absolute Gasteiger partial charge is 0.387 e. The maximum absolute atomic E-state index is 13.1. The molecule has 0 amide bonds. The van der Waals surface area contributed by atoms with E-state index in [-0.39, 0.29) is 22.7 Å². The summed E-state index contributed by atoms with van der Waals surface area (Å²) in [7, 11) is -3.66. The molecule has 3 saturated heterocycles. The first-order chi connectivity index (χ1) is 12.9. The molecule has 0 aromatic heterocycles. The molecule has 9 heteroatoms. The highest BCUT2D eigenvalue weighted by molar-refractivity contribution is 7.89. The summed E-state index contributed by atoms with van der Waals surface area (Å²) in [5.41, 5.74) is 0. The predicted octanol–water partition coefficient (Wildman–Crippen LogP) is 2.35. The van der Waals surface area contributed by atoms with Crippen molar-refractivity contribution < 1.29 is 26.7 Å². The number of rotatable bonds is 6. The Morgan fingerprint density at radius 3 is 2.30 bits per heavy atom. The van der Waals surface area contributed by atoms with Gasteiger partial charge in [-0.1, -0.05) is 0 Å². The van der Waals surface area contributed by atoms with Gasteiger partial charge in [0, 0.05) is 30.8 Å². The minimum atomic E-state index is -3.66. The Labute approximate surface area is 157 Å². The summed E-state index contributed by atoms with van der Waals surface area (Å²) in [5.74, 6) is -0.0476. The Hall–Kier alpha value is -1.29. The molecule has 3 atom stereocenters. The zero-order valence-corrected chi connectivity index (χ0v) is 15.7. The molecule has 6 nitrogen and oxygen atoms in total. The second kappa shape index (κ2) is 7.62. The third kappa shape index (κ3) is 3.96. The van der Waals surface area contributed by atoms with Crippen molar-refractivity contribution in [2.24, 2.45) is 0 Å². The highest BCUT2D eigenvalue weighted by atomic mass is 32.2. The van der Waals surface area contributed by atoms with Gasteiger partial charge in [-0.05, 0) is 56.4 Å². The molecule has 2 bridgehead atoms. The van der Waals surface area contributed by atoms with Gasteiger partial charge in [-0.2, -0.15) is 13.1 Å². The maximum atomic E-state index is 13.1. The normalized spacial score (nSPS) is 31.5. The molecule has 2 unspecified atom stereocenters. The zero-order chi connectivity index (χ0) is 19.0. The molecule has 27 heavy (non-hydrogen) atoms. The standard InChI is InChI=1S/C18H24F2N2O4S/c19-18(20)26-16-3-5-17(6-4-16)27(23,24)22-14-1-2-15(22)10-13(9-14)21-12-7-8-25-11-12/h3-6,12-15,18,21H,1-2,7-11H2/t12-,13?,14?,15?/m1/s1. The Bertz CT molecular complexity index is 739. The van der Waals surface area contributed by atoms with Crippen molar-refractivity contribution in [2.45, 2.75) is 67.8 Å². The summed E-state index contributed by atoms with van der Waals surface area (Å²) in [5, 5.41) is 3.62. The Morgan fingerprint density at radius 1 is 1.07 bits per heavy atom. The second-order valence-corrected chi connectivity index (χ2v) is 9.31. The van der Waals surface area contributed by atoms with Crippen molar-refractivity contribution in [3.8, 4) is 5.75 Å². The molecule has 1 N–H and O–H groups in total. The number of sulfonamides is 1. The number of ether oxygens (including phenoxy) is 2. The lowest BCUT2D eigenvalue weighted by Crippen LogP contribution is -2.53. The number of hydrogen-bond donors (Lipinski definition) is 1. The van der Waals surface area contributed by atoms with Crippen LogP contribution in [0.5, 0.6) is 5.75 Å². The first-order valence-electron chi connectivity index (χ1n) is 9.35. The van der Waals surface area contributed by atoms with E-state index in [2.05, 4.69) is 10.1 Å². The topological polar surface area (TPSA) is 67.9 Å². The number of nitrogens with one attached hydrogen (secondary N) is 1. The van der Waals surface area contributed by atoms with Gasteiger partial charge >= 0.3 is 6.61 Å². The molecule has 1 aromatic carbocycles. The average Bonchev–Trinajstić information content (AvgIpc) is 3.21. The largest absolute Gasteiger partial charge is 0.435 e. The van der Waals surface area contributed by atoms with E-state index in [1.165, 1.54) is 24.3 Å². The number of alkyl halides is 2. The highest BCUT2D eigenvalue weighted by Crippen LogP contribution is 2.40. The molecule has 150 valence electrons. The fraction of sp³-hybridized carbons (Fsp3) is 0.667. The van der Waals surface area contributed by atoms with E-state index in [0.717, 1.165) is 45.3 Å². The number of fused-ring (bicyclic) bond motifs is 2. The summed E-state index contributed by atoms with van der Waals surface area (Å²) in [6.07, 6.45) is 4.30. The van der Waals surface area contributed by atoms with Crippen LogP contribution >= 0.6 is 0 Å². The molecule has 3 fully saturated rings. The maximum Gasteiger partial charge on any atom is 0.387 e. The van der Waals surface area contributed by atoms with E-state index in [9.17, 15) is 17.2 Å². The minimum absolute atomic E-state index is 0.0226. The van der Waals surface area contributed by atoms with Crippen molar-refractivity contribution in [2.75, 3.05) is 13.2 Å². The predicted molar refractivity (Wildman–Crippen MR) is 94.3 cm³/mol. The van der Waals surface area contributed by atoms with E-state index in [1.54, 1.807) is 4.31 Å². The molecule has 3 heterocycles. The van der Waals surface area contributed by atoms with Crippen molar-refractivity contribution in [3.63, 3.8) is 0 Å². The number of piperidine rings is 1. The van der Waals surface area contributed by atoms with Gasteiger partial charge in [0.2, 0.25) is 10.0 Å². The van der Waals surface area contributed by atoms with Gasteiger partial charge in [0.1, 0.15) is 5.75 Å². The first-order valence-corrected chi connectivity index (χ1v) is 10.8. The van der Waals surface area contributed by atoms with Crippen molar-refractivity contribution in [3.05, 3.63) is 24.3 Å². The Balaban J connectivity index is 1.46. The lowest BCUT2D eigenvalue weighted by Gasteiger charge is -2.39. The number of benzene rings is 1. The third-order valence-electron chi connectivity index (χ3n) is 5.69. The fourth-order valence-electron chi connectivity index (χ4n) is 4.58. The van der Waals surface area contributed by atoms with Crippen LogP contribution in [0.1, 0.15) is 32.1 Å². The van der Waals surface area contributed by atoms with Gasteiger partial charge < -0.3 is 14.8 Å². The van der Waals surface area contributed by atoms with Crippen LogP contribution in [0.4, 0.5) is 8.78 Å². The third-order valence-corrected chi connectivity index (χ3v) is 7.71. The van der Waals surface area contributed by atoms with Gasteiger partial charge in [0.05, 0.1) is 11.5 Å². The SMILES string of the molecule is O=S(=O)(c1ccc(OC(F)F)cc1)N1C2CCC1CC(N[C@@H]1CCOC1)C2. The molecular formula is C18H24F2N2O4S. The summed E-state index contributed by atoms with van der Waals surface area (Å²) in [6, 6.07) is 5.85. The minimum Gasteiger partial charge on any atom is -0.435 e. The summed E-state index contributed by atoms with van der Waals surface area (Å²) < 4.78 is 62.2. The van der Waals surface area contributed by atoms with Gasteiger partial charge in [0.25, 0.3) is 0 Å². The van der Waals surface area contributed by atoms with E-state index >= 15 is 0 Å². The zero-order valence-electron chi connectivity index (χ0n) is 14.9. The van der Waals surface area contributed by atoms with E-state index < -0.39 is 16.6 Å². The van der Waals surface area contributed by atoms with Crippen LogP contribution < -0.4 is 10.1 Å². The van der Waals surface area contributed by atoms with Crippen LogP contribution in [0.25, 0.3) is 0 Å². The van der Waals surface area contributed by atoms with Crippen LogP contribution in [0.15, 0.2) is 29.2 Å². The van der Waals surface area contributed by atoms with Crippen LogP contribution in [-0.2, 0) is 14.8 Å². The Kier molecular flexibility index (Phi) is 5.37. The first kappa shape index (κ1) is 19.0. The molecule has 0 aliphatic carbocycles. The average molecular weight is 402 g/mol. The van der Waals surface area contributed by atoms with Crippen LogP contribution in [0.2, 0.25) is 0 Å². The summed E-state index contributed by atoms with van der Waals surface area (Å²) in [6.45, 7) is -1.43. The molecule has 0 saturated carbocycles. The second-order valence-electron chi connectivity index (χ2n) is 7.47. The quantitative estimate of drug-likeness (QED) is 0.791. The summed E-state index contributed by atoms with van der Waals surface area (Å²) in [4.78, 5) is 0.122. The van der Waals surface area contributed by atoms with E-state index in [4.69, 9.17) is 4.74 Å². The number of halogens is 2. The van der Waals surface area contributed by atoms with E-state index in [0.29, 0.717) is 12.1 Å². The van der Waals surface area contributed by atoms with Crippen LogP contribution in [-0.4, -0.2) is 56.7 Å². The van der Waals surface area contributed by atoms with Gasteiger partial charge in [-0.15, -0.1) is 0 Å². The van der Waals surface area contributed by atoms with Crippen molar-refractivity contribution >= 4 is 10.0 Å². The monoisotopic (exact) mass is 402 g/mol. The molecular weight excluding hydrogens is 378 g/mol. The Morgan fingerprint density at radius 2 is 1.74 bits per heavy atom. The molecule has 0 radical (unpaired) electrons. The van der Waals surface area contributed by atoms with Gasteiger partial charge in [-0.25, -0.2) is 8.42 Å². The lowest BCUT2D eigenvalue weighted by molar-refractivity contribution is -0.0498. The molecule has 4 rings (SSSR count). The number of hydrogen-bond acceptors (Lipinski definition) is 5. The lowest BCUT2D eigenvalue weighted by atomic mass is 9.98. The van der Waals surface area contributed by atoms with Crippen LogP contribution in [0.3, 0.4) is 0 Å².